The average Bonchev–Trinajstić information content (AvgIpc) is 2.81. The molecule has 2 aromatic rings. The highest BCUT2D eigenvalue weighted by molar-refractivity contribution is 7.17. The van der Waals surface area contributed by atoms with Crippen molar-refractivity contribution >= 4 is 17.3 Å². The molecule has 0 aliphatic carbocycles. The summed E-state index contributed by atoms with van der Waals surface area (Å²) in [7, 11) is 0. The van der Waals surface area contributed by atoms with Crippen LogP contribution in [0.25, 0.3) is 10.8 Å². The molecule has 18 heavy (non-hydrogen) atoms. The normalized spacial score (nSPS) is 11.8. The summed E-state index contributed by atoms with van der Waals surface area (Å²) in [5.41, 5.74) is -0.805. The third kappa shape index (κ3) is 2.10. The number of aromatic carboxylic acids is 1. The first kappa shape index (κ1) is 12.6. The Balaban J connectivity index is 2.60. The maximum atomic E-state index is 12.6. The molecule has 0 aliphatic heterocycles. The second-order valence-electron chi connectivity index (χ2n) is 3.43. The Morgan fingerprint density at radius 3 is 2.56 bits per heavy atom. The van der Waals surface area contributed by atoms with Crippen molar-refractivity contribution in [1.29, 1.82) is 0 Å². The van der Waals surface area contributed by atoms with Crippen LogP contribution in [0.15, 0.2) is 16.7 Å². The van der Waals surface area contributed by atoms with Crippen LogP contribution in [0.4, 0.5) is 13.2 Å². The van der Waals surface area contributed by atoms with Crippen molar-refractivity contribution < 1.29 is 27.5 Å². The van der Waals surface area contributed by atoms with Gasteiger partial charge in [-0.1, -0.05) is 0 Å². The summed E-state index contributed by atoms with van der Waals surface area (Å²) in [6.45, 7) is 1.63. The Labute approximate surface area is 103 Å². The van der Waals surface area contributed by atoms with Gasteiger partial charge < -0.3 is 9.52 Å². The van der Waals surface area contributed by atoms with Crippen molar-refractivity contribution in [3.8, 4) is 10.8 Å². The summed E-state index contributed by atoms with van der Waals surface area (Å²) in [6.07, 6.45) is -3.50. The highest BCUT2D eigenvalue weighted by Gasteiger charge is 2.40. The summed E-state index contributed by atoms with van der Waals surface area (Å²) in [4.78, 5) is 13.3. The predicted molar refractivity (Wildman–Crippen MR) is 56.5 cm³/mol. The van der Waals surface area contributed by atoms with Crippen molar-refractivity contribution in [2.75, 3.05) is 0 Å². The van der Waals surface area contributed by atoms with Gasteiger partial charge in [0.1, 0.15) is 4.88 Å². The van der Waals surface area contributed by atoms with Gasteiger partial charge in [0.25, 0.3) is 0 Å². The minimum absolute atomic E-state index is 0.0952. The fourth-order valence-corrected chi connectivity index (χ4v) is 2.32. The molecule has 0 atom stereocenters. The number of rotatable bonds is 2. The van der Waals surface area contributed by atoms with Gasteiger partial charge in [-0.2, -0.15) is 13.2 Å². The fourth-order valence-electron chi connectivity index (χ4n) is 1.35. The molecule has 0 saturated heterocycles. The van der Waals surface area contributed by atoms with E-state index in [1.54, 1.807) is 13.0 Å². The molecule has 2 aromatic heterocycles. The summed E-state index contributed by atoms with van der Waals surface area (Å²) < 4.78 is 42.8. The van der Waals surface area contributed by atoms with Crippen molar-refractivity contribution in [3.05, 3.63) is 28.5 Å². The largest absolute Gasteiger partial charge is 0.477 e. The van der Waals surface area contributed by atoms with Gasteiger partial charge in [0, 0.05) is 0 Å². The first-order valence-electron chi connectivity index (χ1n) is 4.66. The lowest BCUT2D eigenvalue weighted by atomic mass is 10.3. The zero-order valence-corrected chi connectivity index (χ0v) is 9.72. The predicted octanol–water partition coefficient (Wildman–Crippen LogP) is 3.43. The summed E-state index contributed by atoms with van der Waals surface area (Å²) in [5, 5.41) is 8.65. The van der Waals surface area contributed by atoms with Gasteiger partial charge in [-0.05, 0) is 18.6 Å². The molecule has 0 amide bonds. The topological polar surface area (TPSA) is 63.3 Å². The smallest absolute Gasteiger partial charge is 0.435 e. The number of alkyl halides is 3. The molecular formula is C10H6F3NO3S. The molecule has 0 unspecified atom stereocenters. The maximum absolute atomic E-state index is 12.6. The molecule has 4 nitrogen and oxygen atoms in total. The molecule has 2 rings (SSSR count). The molecule has 0 fully saturated rings. The molecule has 0 radical (unpaired) electrons. The Kier molecular flexibility index (Phi) is 2.89. The molecule has 96 valence electrons. The van der Waals surface area contributed by atoms with Crippen LogP contribution in [0, 0.1) is 6.92 Å². The van der Waals surface area contributed by atoms with Gasteiger partial charge in [-0.3, -0.25) is 0 Å². The van der Waals surface area contributed by atoms with Crippen LogP contribution in [0.2, 0.25) is 0 Å². The second kappa shape index (κ2) is 4.13. The Morgan fingerprint density at radius 2 is 2.17 bits per heavy atom. The first-order chi connectivity index (χ1) is 8.30. The fraction of sp³-hybridized carbons (Fsp3) is 0.200. The van der Waals surface area contributed by atoms with Crippen LogP contribution in [0.3, 0.4) is 0 Å². The number of carboxylic acids is 1. The highest BCUT2D eigenvalue weighted by Crippen LogP contribution is 2.38. The Morgan fingerprint density at radius 1 is 1.50 bits per heavy atom. The minimum atomic E-state index is -4.80. The number of furan rings is 1. The van der Waals surface area contributed by atoms with Crippen LogP contribution in [0.1, 0.15) is 20.9 Å². The van der Waals surface area contributed by atoms with E-state index in [0.29, 0.717) is 16.9 Å². The van der Waals surface area contributed by atoms with E-state index in [1.807, 2.05) is 0 Å². The van der Waals surface area contributed by atoms with E-state index in [4.69, 9.17) is 9.52 Å². The van der Waals surface area contributed by atoms with Crippen molar-refractivity contribution in [2.45, 2.75) is 13.1 Å². The maximum Gasteiger partial charge on any atom is 0.435 e. The average molecular weight is 277 g/mol. The number of thiazole rings is 1. The van der Waals surface area contributed by atoms with E-state index in [2.05, 4.69) is 4.98 Å². The minimum Gasteiger partial charge on any atom is -0.477 e. The van der Waals surface area contributed by atoms with Crippen LogP contribution in [0.5, 0.6) is 0 Å². The zero-order valence-electron chi connectivity index (χ0n) is 8.91. The molecule has 0 aliphatic rings. The second-order valence-corrected chi connectivity index (χ2v) is 4.43. The van der Waals surface area contributed by atoms with Gasteiger partial charge in [0.05, 0.1) is 6.26 Å². The van der Waals surface area contributed by atoms with Gasteiger partial charge >= 0.3 is 12.1 Å². The standard InChI is InChI=1S/C10H6F3NO3S/c1-4-2-3-17-5(4)8-14-7(10(11,12)13)6(18-8)9(15)16/h2-3H,1H3,(H,15,16). The number of hydrogen-bond acceptors (Lipinski definition) is 4. The van der Waals surface area contributed by atoms with E-state index in [1.165, 1.54) is 6.26 Å². The van der Waals surface area contributed by atoms with Crippen molar-refractivity contribution in [2.24, 2.45) is 0 Å². The molecule has 0 bridgehead atoms. The van der Waals surface area contributed by atoms with E-state index >= 15 is 0 Å². The molecule has 0 saturated carbocycles. The lowest BCUT2D eigenvalue weighted by Crippen LogP contribution is -2.11. The number of hydrogen-bond donors (Lipinski definition) is 1. The monoisotopic (exact) mass is 277 g/mol. The third-order valence-electron chi connectivity index (χ3n) is 2.15. The summed E-state index contributed by atoms with van der Waals surface area (Å²) in [6, 6.07) is 1.56. The number of aromatic nitrogens is 1. The highest BCUT2D eigenvalue weighted by atomic mass is 32.1. The Bertz CT molecular complexity index is 600. The lowest BCUT2D eigenvalue weighted by molar-refractivity contribution is -0.141. The van der Waals surface area contributed by atoms with Gasteiger partial charge in [-0.25, -0.2) is 9.78 Å². The molecule has 1 N–H and O–H groups in total. The number of carboxylic acid groups (broad SMARTS) is 1. The SMILES string of the molecule is Cc1ccoc1-c1nc(C(F)(F)F)c(C(=O)O)s1. The summed E-state index contributed by atoms with van der Waals surface area (Å²) >= 11 is 0.442. The molecule has 8 heteroatoms. The van der Waals surface area contributed by atoms with E-state index in [0.717, 1.165) is 0 Å². The molecule has 2 heterocycles. The van der Waals surface area contributed by atoms with E-state index in [9.17, 15) is 18.0 Å². The zero-order chi connectivity index (χ0) is 13.5. The number of aryl methyl sites for hydroxylation is 1. The number of halogens is 3. The molecule has 0 spiro atoms. The van der Waals surface area contributed by atoms with Crippen LogP contribution in [-0.4, -0.2) is 16.1 Å². The number of nitrogens with zero attached hydrogens (tertiary/aromatic N) is 1. The quantitative estimate of drug-likeness (QED) is 0.913. The van der Waals surface area contributed by atoms with Crippen LogP contribution >= 0.6 is 11.3 Å². The van der Waals surface area contributed by atoms with Crippen molar-refractivity contribution in [1.82, 2.24) is 4.98 Å². The molecular weight excluding hydrogens is 271 g/mol. The van der Waals surface area contributed by atoms with E-state index < -0.39 is 22.7 Å². The lowest BCUT2D eigenvalue weighted by Gasteiger charge is -2.02. The van der Waals surface area contributed by atoms with Crippen LogP contribution in [-0.2, 0) is 6.18 Å². The van der Waals surface area contributed by atoms with Crippen molar-refractivity contribution in [3.63, 3.8) is 0 Å². The third-order valence-corrected chi connectivity index (χ3v) is 3.19. The van der Waals surface area contributed by atoms with E-state index in [-0.39, 0.29) is 10.8 Å². The van der Waals surface area contributed by atoms with Crippen LogP contribution < -0.4 is 0 Å². The number of carbonyl (C=O) groups is 1. The molecule has 0 aromatic carbocycles. The van der Waals surface area contributed by atoms with Gasteiger partial charge in [0.15, 0.2) is 16.5 Å². The van der Waals surface area contributed by atoms with Gasteiger partial charge in [-0.15, -0.1) is 11.3 Å². The van der Waals surface area contributed by atoms with Gasteiger partial charge in [0.2, 0.25) is 0 Å². The summed E-state index contributed by atoms with van der Waals surface area (Å²) in [5.74, 6) is -1.51. The first-order valence-corrected chi connectivity index (χ1v) is 5.48. The Hall–Kier alpha value is -1.83.